The van der Waals surface area contributed by atoms with Gasteiger partial charge in [0.1, 0.15) is 19.8 Å². The molecule has 2 unspecified atom stereocenters. The number of hydrogen-bond donors (Lipinski definition) is 0. The first kappa shape index (κ1) is 68.0. The van der Waals surface area contributed by atoms with E-state index in [4.69, 9.17) is 18.5 Å². The largest absolute Gasteiger partial charge is 0.756 e. The number of carbonyl (C=O) groups is 2. The molecule has 0 saturated heterocycles. The van der Waals surface area contributed by atoms with E-state index in [0.717, 1.165) is 57.8 Å². The van der Waals surface area contributed by atoms with Gasteiger partial charge in [-0.25, -0.2) is 0 Å². The lowest BCUT2D eigenvalue weighted by Gasteiger charge is -2.28. The standard InChI is InChI=1S/C60H112NO8P/c1-6-8-10-12-14-16-17-18-19-20-21-22-23-24-25-26-27-28-29-30-31-32-33-34-35-36-37-38-39-40-41-42-43-45-47-49-51-53-60(63)69-58(57-68-70(64,65)67-55-54-61(3,4)5)56-66-59(62)52-50-48-46-44-15-13-11-9-7-2/h8,10,14,16,18-19,21-22,58H,6-7,9,11-13,15,17,20,23-57H2,1-5H3/b10-8-,16-14-,19-18-,22-21-. The van der Waals surface area contributed by atoms with Gasteiger partial charge >= 0.3 is 11.9 Å². The van der Waals surface area contributed by atoms with E-state index in [1.807, 2.05) is 21.1 Å². The van der Waals surface area contributed by atoms with Crippen LogP contribution >= 0.6 is 7.82 Å². The van der Waals surface area contributed by atoms with E-state index in [2.05, 4.69) is 62.5 Å². The van der Waals surface area contributed by atoms with Gasteiger partial charge in [-0.1, -0.05) is 255 Å². The fraction of sp³-hybridized carbons (Fsp3) is 0.833. The van der Waals surface area contributed by atoms with Gasteiger partial charge < -0.3 is 27.9 Å². The highest BCUT2D eigenvalue weighted by atomic mass is 31.2. The molecule has 9 nitrogen and oxygen atoms in total. The third kappa shape index (κ3) is 55.3. The first-order valence-electron chi connectivity index (χ1n) is 29.3. The molecule has 0 rings (SSSR count). The molecule has 70 heavy (non-hydrogen) atoms. The summed E-state index contributed by atoms with van der Waals surface area (Å²) in [4.78, 5) is 37.6. The van der Waals surface area contributed by atoms with Crippen molar-refractivity contribution in [2.45, 2.75) is 277 Å². The molecule has 0 amide bonds. The van der Waals surface area contributed by atoms with Crippen LogP contribution in [0, 0.1) is 0 Å². The number of unbranched alkanes of at least 4 members (excludes halogenated alkanes) is 32. The number of nitrogens with zero attached hydrogens (tertiary/aromatic N) is 1. The quantitative estimate of drug-likeness (QED) is 0.0195. The zero-order chi connectivity index (χ0) is 51.3. The highest BCUT2D eigenvalue weighted by Gasteiger charge is 2.22. The van der Waals surface area contributed by atoms with E-state index in [1.54, 1.807) is 0 Å². The average molecular weight is 1010 g/mol. The molecule has 10 heteroatoms. The molecule has 0 aromatic carbocycles. The molecule has 0 saturated carbocycles. The Hall–Kier alpha value is -2.03. The van der Waals surface area contributed by atoms with Crippen LogP contribution < -0.4 is 4.89 Å². The number of phosphoric acid groups is 1. The van der Waals surface area contributed by atoms with E-state index in [0.29, 0.717) is 17.4 Å². The second-order valence-corrected chi connectivity index (χ2v) is 22.4. The van der Waals surface area contributed by atoms with E-state index in [9.17, 15) is 19.0 Å². The lowest BCUT2D eigenvalue weighted by molar-refractivity contribution is -0.870. The zero-order valence-electron chi connectivity index (χ0n) is 46.5. The minimum Gasteiger partial charge on any atom is -0.756 e. The van der Waals surface area contributed by atoms with Crippen LogP contribution in [0.15, 0.2) is 48.6 Å². The van der Waals surface area contributed by atoms with Crippen molar-refractivity contribution in [2.24, 2.45) is 0 Å². The number of likely N-dealkylation sites (N-methyl/N-ethyl adjacent to an activating group) is 1. The summed E-state index contributed by atoms with van der Waals surface area (Å²) in [6, 6.07) is 0. The summed E-state index contributed by atoms with van der Waals surface area (Å²) >= 11 is 0. The van der Waals surface area contributed by atoms with E-state index >= 15 is 0 Å². The first-order valence-corrected chi connectivity index (χ1v) is 30.8. The van der Waals surface area contributed by atoms with Crippen molar-refractivity contribution in [1.82, 2.24) is 0 Å². The Labute approximate surface area is 433 Å². The van der Waals surface area contributed by atoms with Gasteiger partial charge in [-0.3, -0.25) is 14.2 Å². The average Bonchev–Trinajstić information content (AvgIpc) is 3.32. The van der Waals surface area contributed by atoms with Crippen molar-refractivity contribution < 1.29 is 42.1 Å². The third-order valence-electron chi connectivity index (χ3n) is 12.9. The zero-order valence-corrected chi connectivity index (χ0v) is 47.4. The highest BCUT2D eigenvalue weighted by molar-refractivity contribution is 7.45. The number of phosphoric ester groups is 1. The number of quaternary nitrogens is 1. The second-order valence-electron chi connectivity index (χ2n) is 21.0. The topological polar surface area (TPSA) is 111 Å². The van der Waals surface area contributed by atoms with Gasteiger partial charge in [-0.15, -0.1) is 0 Å². The second kappa shape index (κ2) is 51.9. The van der Waals surface area contributed by atoms with Crippen molar-refractivity contribution >= 4 is 19.8 Å². The number of hydrogen-bond acceptors (Lipinski definition) is 8. The maximum atomic E-state index is 12.7. The van der Waals surface area contributed by atoms with Crippen LogP contribution in [0.4, 0.5) is 0 Å². The minimum absolute atomic E-state index is 0.0281. The highest BCUT2D eigenvalue weighted by Crippen LogP contribution is 2.38. The molecule has 2 atom stereocenters. The van der Waals surface area contributed by atoms with Crippen molar-refractivity contribution in [2.75, 3.05) is 47.5 Å². The third-order valence-corrected chi connectivity index (χ3v) is 13.8. The fourth-order valence-corrected chi connectivity index (χ4v) is 9.08. The number of ether oxygens (including phenoxy) is 2. The number of rotatable bonds is 54. The molecule has 0 heterocycles. The Morgan fingerprint density at radius 2 is 0.814 bits per heavy atom. The fourth-order valence-electron chi connectivity index (χ4n) is 8.36. The van der Waals surface area contributed by atoms with Crippen LogP contribution in [0.1, 0.15) is 271 Å². The predicted molar refractivity (Wildman–Crippen MR) is 296 cm³/mol. The van der Waals surface area contributed by atoms with Crippen molar-refractivity contribution in [3.63, 3.8) is 0 Å². The van der Waals surface area contributed by atoms with Gasteiger partial charge in [0.15, 0.2) is 6.10 Å². The monoisotopic (exact) mass is 1010 g/mol. The van der Waals surface area contributed by atoms with E-state index in [-0.39, 0.29) is 32.0 Å². The first-order chi connectivity index (χ1) is 34.0. The van der Waals surface area contributed by atoms with Gasteiger partial charge in [0.05, 0.1) is 27.7 Å². The molecule has 0 aromatic rings. The summed E-state index contributed by atoms with van der Waals surface area (Å²) in [6.07, 6.45) is 64.9. The number of allylic oxidation sites excluding steroid dienone is 8. The van der Waals surface area contributed by atoms with Crippen LogP contribution in [0.2, 0.25) is 0 Å². The minimum atomic E-state index is -4.62. The molecule has 410 valence electrons. The summed E-state index contributed by atoms with van der Waals surface area (Å²) in [7, 11) is 1.18. The molecular formula is C60H112NO8P. The maximum Gasteiger partial charge on any atom is 0.306 e. The lowest BCUT2D eigenvalue weighted by Crippen LogP contribution is -2.37. The Balaban J connectivity index is 3.85. The van der Waals surface area contributed by atoms with Gasteiger partial charge in [0.2, 0.25) is 0 Å². The summed E-state index contributed by atoms with van der Waals surface area (Å²) in [5, 5.41) is 0. The Morgan fingerprint density at radius 1 is 0.457 bits per heavy atom. The Morgan fingerprint density at radius 3 is 1.21 bits per heavy atom. The van der Waals surface area contributed by atoms with Gasteiger partial charge in [-0.05, 0) is 51.4 Å². The smallest absolute Gasteiger partial charge is 0.306 e. The van der Waals surface area contributed by atoms with E-state index < -0.39 is 26.5 Å². The molecular weight excluding hydrogens is 894 g/mol. The van der Waals surface area contributed by atoms with Crippen LogP contribution in [-0.4, -0.2) is 70.0 Å². The SMILES string of the molecule is CC/C=C\C/C=C\C/C=C\C/C=C\CCCCCCCCCCCCCCCCCCCCCCCCCCC(=O)OC(COC(=O)CCCCCCCCCCC)COP(=O)([O-])OCC[N+](C)(C)C. The van der Waals surface area contributed by atoms with Crippen molar-refractivity contribution in [3.05, 3.63) is 48.6 Å². The number of esters is 2. The summed E-state index contributed by atoms with van der Waals surface area (Å²) in [5.41, 5.74) is 0. The van der Waals surface area contributed by atoms with Crippen LogP contribution in [0.3, 0.4) is 0 Å². The van der Waals surface area contributed by atoms with Gasteiger partial charge in [0, 0.05) is 12.8 Å². The molecule has 0 N–H and O–H groups in total. The van der Waals surface area contributed by atoms with E-state index in [1.165, 1.54) is 180 Å². The Bertz CT molecular complexity index is 1320. The van der Waals surface area contributed by atoms with Gasteiger partial charge in [0.25, 0.3) is 7.82 Å². The molecule has 0 bridgehead atoms. The Kier molecular flexibility index (Phi) is 50.4. The lowest BCUT2D eigenvalue weighted by atomic mass is 10.0. The molecule has 0 aliphatic rings. The summed E-state index contributed by atoms with van der Waals surface area (Å²) < 4.78 is 34.0. The normalized spacial score (nSPS) is 13.6. The van der Waals surface area contributed by atoms with Gasteiger partial charge in [-0.2, -0.15) is 0 Å². The van der Waals surface area contributed by atoms with Crippen molar-refractivity contribution in [3.8, 4) is 0 Å². The number of carbonyl (C=O) groups excluding carboxylic acids is 2. The molecule has 0 spiro atoms. The maximum absolute atomic E-state index is 12.7. The predicted octanol–water partition coefficient (Wildman–Crippen LogP) is 17.5. The summed E-state index contributed by atoms with van der Waals surface area (Å²) in [5.74, 6) is -0.824. The van der Waals surface area contributed by atoms with Crippen LogP contribution in [0.25, 0.3) is 0 Å². The van der Waals surface area contributed by atoms with Crippen molar-refractivity contribution in [1.29, 1.82) is 0 Å². The van der Waals surface area contributed by atoms with Crippen LogP contribution in [0.5, 0.6) is 0 Å². The van der Waals surface area contributed by atoms with Crippen LogP contribution in [-0.2, 0) is 32.7 Å². The molecule has 0 aliphatic carbocycles. The molecule has 0 radical (unpaired) electrons. The molecule has 0 aromatic heterocycles. The molecule has 0 fully saturated rings. The molecule has 0 aliphatic heterocycles. The summed E-state index contributed by atoms with van der Waals surface area (Å²) in [6.45, 7) is 4.12.